The van der Waals surface area contributed by atoms with Gasteiger partial charge in [0.05, 0.1) is 17.7 Å². The lowest BCUT2D eigenvalue weighted by Crippen LogP contribution is -2.43. The second-order valence-electron chi connectivity index (χ2n) is 9.59. The molecule has 184 valence electrons. The SMILES string of the molecule is Cc1[nH]c(C=C2C(=O)Nc3ccc(F)cc32)c(C)c1C(=O)N[C@H]1CON(CC2CCCCC2)C1=O. The summed E-state index contributed by atoms with van der Waals surface area (Å²) in [6, 6.07) is 3.38. The summed E-state index contributed by atoms with van der Waals surface area (Å²) >= 11 is 0. The quantitative estimate of drug-likeness (QED) is 0.568. The summed E-state index contributed by atoms with van der Waals surface area (Å²) in [6.45, 7) is 4.20. The maximum absolute atomic E-state index is 13.8. The topological polar surface area (TPSA) is 104 Å². The first-order chi connectivity index (χ1) is 16.8. The van der Waals surface area contributed by atoms with E-state index >= 15 is 0 Å². The molecule has 5 rings (SSSR count). The maximum atomic E-state index is 13.8. The number of nitrogens with zero attached hydrogens (tertiary/aromatic N) is 1. The van der Waals surface area contributed by atoms with Gasteiger partial charge in [0.25, 0.3) is 17.7 Å². The van der Waals surface area contributed by atoms with Crippen LogP contribution in [0.2, 0.25) is 0 Å². The largest absolute Gasteiger partial charge is 0.358 e. The van der Waals surface area contributed by atoms with Crippen molar-refractivity contribution >= 4 is 35.1 Å². The minimum Gasteiger partial charge on any atom is -0.358 e. The highest BCUT2D eigenvalue weighted by molar-refractivity contribution is 6.34. The summed E-state index contributed by atoms with van der Waals surface area (Å²) < 4.78 is 13.8. The van der Waals surface area contributed by atoms with Gasteiger partial charge in [0.1, 0.15) is 18.5 Å². The Balaban J connectivity index is 1.31. The van der Waals surface area contributed by atoms with Crippen molar-refractivity contribution in [3.63, 3.8) is 0 Å². The number of amides is 3. The van der Waals surface area contributed by atoms with E-state index in [4.69, 9.17) is 4.84 Å². The van der Waals surface area contributed by atoms with Gasteiger partial charge in [-0.1, -0.05) is 19.3 Å². The number of anilines is 1. The smallest absolute Gasteiger partial charge is 0.271 e. The lowest BCUT2D eigenvalue weighted by Gasteiger charge is -2.25. The van der Waals surface area contributed by atoms with Gasteiger partial charge in [0, 0.05) is 22.6 Å². The number of aryl methyl sites for hydroxylation is 1. The van der Waals surface area contributed by atoms with Crippen LogP contribution in [0.15, 0.2) is 18.2 Å². The third kappa shape index (κ3) is 4.48. The van der Waals surface area contributed by atoms with Gasteiger partial charge in [0.15, 0.2) is 0 Å². The van der Waals surface area contributed by atoms with E-state index in [9.17, 15) is 18.8 Å². The number of carbonyl (C=O) groups is 3. The van der Waals surface area contributed by atoms with E-state index in [1.807, 2.05) is 0 Å². The van der Waals surface area contributed by atoms with Gasteiger partial charge in [-0.15, -0.1) is 0 Å². The van der Waals surface area contributed by atoms with Gasteiger partial charge < -0.3 is 15.6 Å². The lowest BCUT2D eigenvalue weighted by molar-refractivity contribution is -0.165. The van der Waals surface area contributed by atoms with E-state index in [1.165, 1.54) is 42.5 Å². The van der Waals surface area contributed by atoms with Crippen LogP contribution >= 0.6 is 0 Å². The van der Waals surface area contributed by atoms with Crippen molar-refractivity contribution in [1.29, 1.82) is 0 Å². The van der Waals surface area contributed by atoms with E-state index in [0.717, 1.165) is 12.8 Å². The van der Waals surface area contributed by atoms with Crippen molar-refractivity contribution < 1.29 is 23.6 Å². The molecule has 3 aliphatic rings. The summed E-state index contributed by atoms with van der Waals surface area (Å²) in [5.74, 6) is -0.942. The highest BCUT2D eigenvalue weighted by atomic mass is 19.1. The van der Waals surface area contributed by atoms with Crippen LogP contribution in [0.5, 0.6) is 0 Å². The molecule has 1 aromatic heterocycles. The molecule has 3 heterocycles. The molecule has 9 heteroatoms. The molecule has 2 aromatic rings. The fraction of sp³-hybridized carbons (Fsp3) is 0.423. The number of halogens is 1. The molecule has 1 aromatic carbocycles. The van der Waals surface area contributed by atoms with Crippen molar-refractivity contribution in [3.05, 3.63) is 52.1 Å². The van der Waals surface area contributed by atoms with Crippen molar-refractivity contribution in [3.8, 4) is 0 Å². The zero-order chi connectivity index (χ0) is 24.7. The number of rotatable bonds is 5. The summed E-state index contributed by atoms with van der Waals surface area (Å²) in [7, 11) is 0. The van der Waals surface area contributed by atoms with Crippen molar-refractivity contribution in [2.75, 3.05) is 18.5 Å². The Morgan fingerprint density at radius 3 is 2.77 bits per heavy atom. The second-order valence-corrected chi connectivity index (χ2v) is 9.59. The molecule has 0 spiro atoms. The molecule has 0 bridgehead atoms. The molecule has 1 atom stereocenters. The Bertz CT molecular complexity index is 1230. The summed E-state index contributed by atoms with van der Waals surface area (Å²) in [5, 5.41) is 6.94. The number of aromatic nitrogens is 1. The number of benzene rings is 1. The Morgan fingerprint density at radius 1 is 1.23 bits per heavy atom. The number of aromatic amines is 1. The average molecular weight is 481 g/mol. The van der Waals surface area contributed by atoms with E-state index in [1.54, 1.807) is 19.9 Å². The molecule has 1 saturated heterocycles. The van der Waals surface area contributed by atoms with Gasteiger partial charge in [0.2, 0.25) is 0 Å². The van der Waals surface area contributed by atoms with E-state index in [-0.39, 0.29) is 24.3 Å². The van der Waals surface area contributed by atoms with Crippen LogP contribution in [0.25, 0.3) is 11.6 Å². The van der Waals surface area contributed by atoms with Crippen LogP contribution in [0.4, 0.5) is 10.1 Å². The number of fused-ring (bicyclic) bond motifs is 1. The van der Waals surface area contributed by atoms with Crippen molar-refractivity contribution in [2.45, 2.75) is 52.0 Å². The van der Waals surface area contributed by atoms with E-state index in [0.29, 0.717) is 51.8 Å². The Labute approximate surface area is 202 Å². The molecule has 3 amide bonds. The fourth-order valence-electron chi connectivity index (χ4n) is 5.26. The normalized spacial score (nSPS) is 21.5. The Morgan fingerprint density at radius 2 is 2.00 bits per heavy atom. The molecule has 2 aliphatic heterocycles. The molecule has 1 aliphatic carbocycles. The Kier molecular flexibility index (Phi) is 6.19. The lowest BCUT2D eigenvalue weighted by atomic mass is 9.89. The molecule has 2 fully saturated rings. The first-order valence-electron chi connectivity index (χ1n) is 12.1. The molecule has 0 unspecified atom stereocenters. The van der Waals surface area contributed by atoms with Crippen molar-refractivity contribution in [2.24, 2.45) is 5.92 Å². The molecule has 8 nitrogen and oxygen atoms in total. The summed E-state index contributed by atoms with van der Waals surface area (Å²) in [5.41, 5.74) is 3.55. The van der Waals surface area contributed by atoms with Gasteiger partial charge in [-0.3, -0.25) is 19.2 Å². The van der Waals surface area contributed by atoms with Gasteiger partial charge in [-0.25, -0.2) is 9.45 Å². The third-order valence-electron chi connectivity index (χ3n) is 7.15. The number of H-pyrrole nitrogens is 1. The predicted molar refractivity (Wildman–Crippen MR) is 129 cm³/mol. The number of hydroxylamine groups is 2. The van der Waals surface area contributed by atoms with Crippen LogP contribution in [0, 0.1) is 25.6 Å². The Hall–Kier alpha value is -3.46. The molecule has 3 N–H and O–H groups in total. The average Bonchev–Trinajstić information content (AvgIpc) is 3.43. The van der Waals surface area contributed by atoms with Gasteiger partial charge >= 0.3 is 0 Å². The highest BCUT2D eigenvalue weighted by Crippen LogP contribution is 2.34. The second kappa shape index (κ2) is 9.30. The number of hydrogen-bond donors (Lipinski definition) is 3. The first kappa shape index (κ1) is 23.3. The summed E-state index contributed by atoms with van der Waals surface area (Å²) in [4.78, 5) is 47.2. The fourth-order valence-corrected chi connectivity index (χ4v) is 5.26. The van der Waals surface area contributed by atoms with Crippen molar-refractivity contribution in [1.82, 2.24) is 15.4 Å². The monoisotopic (exact) mass is 480 g/mol. The van der Waals surface area contributed by atoms with E-state index < -0.39 is 11.9 Å². The minimum atomic E-state index is -0.739. The van der Waals surface area contributed by atoms with Crippen LogP contribution in [-0.4, -0.2) is 47.0 Å². The van der Waals surface area contributed by atoms with Gasteiger partial charge in [-0.2, -0.15) is 0 Å². The van der Waals surface area contributed by atoms with Crippen LogP contribution in [0.1, 0.15) is 65.0 Å². The molecular weight excluding hydrogens is 451 g/mol. The molecule has 0 radical (unpaired) electrons. The number of hydrogen-bond acceptors (Lipinski definition) is 4. The first-order valence-corrected chi connectivity index (χ1v) is 12.1. The zero-order valence-corrected chi connectivity index (χ0v) is 19.9. The van der Waals surface area contributed by atoms with Crippen LogP contribution < -0.4 is 10.6 Å². The number of carbonyl (C=O) groups excluding carboxylic acids is 3. The van der Waals surface area contributed by atoms with Gasteiger partial charge in [-0.05, 0) is 62.4 Å². The maximum Gasteiger partial charge on any atom is 0.271 e. The standard InChI is InChI=1S/C26H29FN4O4/c1-14-21(11-19-18-10-17(27)8-9-20(18)29-24(19)32)28-15(2)23(14)25(33)30-22-13-35-31(26(22)34)12-16-6-4-3-5-7-16/h8-11,16,22,28H,3-7,12-13H2,1-2H3,(H,29,32)(H,30,33)/t22-/m0/s1. The molecule has 35 heavy (non-hydrogen) atoms. The summed E-state index contributed by atoms with van der Waals surface area (Å²) in [6.07, 6.45) is 7.42. The zero-order valence-electron chi connectivity index (χ0n) is 19.9. The number of nitrogens with one attached hydrogen (secondary N) is 3. The minimum absolute atomic E-state index is 0.110. The highest BCUT2D eigenvalue weighted by Gasteiger charge is 2.36. The van der Waals surface area contributed by atoms with Crippen LogP contribution in [-0.2, 0) is 14.4 Å². The molecule has 1 saturated carbocycles. The predicted octanol–water partition coefficient (Wildman–Crippen LogP) is 3.72. The third-order valence-corrected chi connectivity index (χ3v) is 7.15. The molecular formula is C26H29FN4O4. The van der Waals surface area contributed by atoms with Crippen LogP contribution in [0.3, 0.4) is 0 Å². The van der Waals surface area contributed by atoms with E-state index in [2.05, 4.69) is 15.6 Å².